The van der Waals surface area contributed by atoms with Gasteiger partial charge in [0.15, 0.2) is 0 Å². The molecule has 2 aromatic rings. The molecular formula is C15H13Cl2N3O2S. The van der Waals surface area contributed by atoms with Gasteiger partial charge in [-0.1, -0.05) is 23.2 Å². The highest BCUT2D eigenvalue weighted by Gasteiger charge is 2.07. The van der Waals surface area contributed by atoms with E-state index in [1.54, 1.807) is 42.5 Å². The van der Waals surface area contributed by atoms with Crippen LogP contribution in [0.5, 0.6) is 0 Å². The predicted molar refractivity (Wildman–Crippen MR) is 95.5 cm³/mol. The van der Waals surface area contributed by atoms with Gasteiger partial charge in [0.25, 0.3) is 0 Å². The molecule has 0 heterocycles. The summed E-state index contributed by atoms with van der Waals surface area (Å²) in [4.78, 5) is 23.4. The molecule has 8 heteroatoms. The maximum Gasteiger partial charge on any atom is 0.316 e. The van der Waals surface area contributed by atoms with E-state index in [1.165, 1.54) is 11.8 Å². The summed E-state index contributed by atoms with van der Waals surface area (Å²) in [5, 5.41) is 6.30. The number of benzene rings is 2. The molecule has 0 aliphatic heterocycles. The summed E-state index contributed by atoms with van der Waals surface area (Å²) < 4.78 is 0. The molecule has 0 aliphatic rings. The molecule has 23 heavy (non-hydrogen) atoms. The number of rotatable bonds is 5. The average Bonchev–Trinajstić information content (AvgIpc) is 2.50. The topological polar surface area (TPSA) is 84.2 Å². The van der Waals surface area contributed by atoms with Gasteiger partial charge in [0.2, 0.25) is 5.91 Å². The van der Waals surface area contributed by atoms with Crippen LogP contribution in [0.3, 0.4) is 0 Å². The van der Waals surface area contributed by atoms with Gasteiger partial charge >= 0.3 is 6.03 Å². The lowest BCUT2D eigenvalue weighted by Crippen LogP contribution is -2.19. The molecule has 0 saturated heterocycles. The normalized spacial score (nSPS) is 10.2. The zero-order valence-electron chi connectivity index (χ0n) is 11.8. The van der Waals surface area contributed by atoms with E-state index < -0.39 is 6.03 Å². The summed E-state index contributed by atoms with van der Waals surface area (Å²) in [5.74, 6) is 0.0168. The lowest BCUT2D eigenvalue weighted by atomic mass is 10.3. The van der Waals surface area contributed by atoms with Crippen LogP contribution in [0.2, 0.25) is 10.0 Å². The highest BCUT2D eigenvalue weighted by molar-refractivity contribution is 8.00. The maximum atomic E-state index is 11.9. The second-order valence-electron chi connectivity index (χ2n) is 4.48. The number of hydrogen-bond donors (Lipinski definition) is 3. The Morgan fingerprint density at radius 1 is 1.00 bits per heavy atom. The number of urea groups is 1. The Bertz CT molecular complexity index is 723. The smallest absolute Gasteiger partial charge is 0.316 e. The van der Waals surface area contributed by atoms with Crippen LogP contribution >= 0.6 is 35.0 Å². The van der Waals surface area contributed by atoms with E-state index in [4.69, 9.17) is 28.9 Å². The van der Waals surface area contributed by atoms with Crippen molar-refractivity contribution in [1.29, 1.82) is 0 Å². The number of primary amides is 1. The highest BCUT2D eigenvalue weighted by atomic mass is 35.5. The van der Waals surface area contributed by atoms with Gasteiger partial charge in [0.05, 0.1) is 10.8 Å². The SMILES string of the molecule is NC(=O)Nc1ccc(NC(=O)CSc2cc(Cl)ccc2Cl)cc1. The quantitative estimate of drug-likeness (QED) is 0.689. The minimum absolute atomic E-state index is 0.179. The number of halogens is 2. The molecule has 4 N–H and O–H groups in total. The molecule has 0 radical (unpaired) electrons. The van der Waals surface area contributed by atoms with Crippen molar-refractivity contribution >= 4 is 58.3 Å². The molecule has 0 atom stereocenters. The van der Waals surface area contributed by atoms with E-state index in [0.29, 0.717) is 21.4 Å². The van der Waals surface area contributed by atoms with E-state index >= 15 is 0 Å². The van der Waals surface area contributed by atoms with Crippen LogP contribution < -0.4 is 16.4 Å². The van der Waals surface area contributed by atoms with Crippen molar-refractivity contribution in [3.05, 3.63) is 52.5 Å². The van der Waals surface area contributed by atoms with Crippen molar-refractivity contribution in [3.63, 3.8) is 0 Å². The third kappa shape index (κ3) is 5.67. The van der Waals surface area contributed by atoms with E-state index in [1.807, 2.05) is 0 Å². The first-order valence-corrected chi connectivity index (χ1v) is 8.22. The number of anilines is 2. The van der Waals surface area contributed by atoms with Gasteiger partial charge < -0.3 is 16.4 Å². The molecule has 0 fully saturated rings. The van der Waals surface area contributed by atoms with Crippen molar-refractivity contribution in [2.75, 3.05) is 16.4 Å². The van der Waals surface area contributed by atoms with Crippen LogP contribution in [0.4, 0.5) is 16.2 Å². The van der Waals surface area contributed by atoms with Crippen molar-refractivity contribution in [2.24, 2.45) is 5.73 Å². The Kier molecular flexibility index (Phi) is 6.15. The molecule has 0 aliphatic carbocycles. The number of amides is 3. The first-order chi connectivity index (χ1) is 10.9. The molecule has 2 aromatic carbocycles. The van der Waals surface area contributed by atoms with E-state index in [9.17, 15) is 9.59 Å². The second-order valence-corrected chi connectivity index (χ2v) is 6.34. The van der Waals surface area contributed by atoms with Gasteiger partial charge in [-0.2, -0.15) is 0 Å². The van der Waals surface area contributed by atoms with Gasteiger partial charge in [-0.3, -0.25) is 4.79 Å². The lowest BCUT2D eigenvalue weighted by molar-refractivity contribution is -0.113. The Morgan fingerprint density at radius 2 is 1.61 bits per heavy atom. The minimum atomic E-state index is -0.642. The molecule has 0 spiro atoms. The maximum absolute atomic E-state index is 11.9. The van der Waals surface area contributed by atoms with Crippen LogP contribution in [-0.2, 0) is 4.79 Å². The third-order valence-electron chi connectivity index (χ3n) is 2.69. The Morgan fingerprint density at radius 3 is 2.22 bits per heavy atom. The van der Waals surface area contributed by atoms with Crippen LogP contribution in [0.25, 0.3) is 0 Å². The van der Waals surface area contributed by atoms with Gasteiger partial charge in [-0.15, -0.1) is 11.8 Å². The van der Waals surface area contributed by atoms with E-state index in [0.717, 1.165) is 4.90 Å². The largest absolute Gasteiger partial charge is 0.351 e. The average molecular weight is 370 g/mol. The third-order valence-corrected chi connectivity index (χ3v) is 4.42. The first kappa shape index (κ1) is 17.5. The molecule has 0 aromatic heterocycles. The van der Waals surface area contributed by atoms with Crippen LogP contribution in [0.1, 0.15) is 0 Å². The highest BCUT2D eigenvalue weighted by Crippen LogP contribution is 2.29. The number of nitrogens with one attached hydrogen (secondary N) is 2. The Labute approximate surface area is 147 Å². The second kappa shape index (κ2) is 8.10. The summed E-state index contributed by atoms with van der Waals surface area (Å²) in [6.07, 6.45) is 0. The Balaban J connectivity index is 1.89. The summed E-state index contributed by atoms with van der Waals surface area (Å²) in [6, 6.07) is 11.1. The van der Waals surface area contributed by atoms with Crippen molar-refractivity contribution in [2.45, 2.75) is 4.90 Å². The summed E-state index contributed by atoms with van der Waals surface area (Å²) in [6.45, 7) is 0. The molecule has 0 unspecified atom stereocenters. The summed E-state index contributed by atoms with van der Waals surface area (Å²) >= 11 is 13.2. The molecule has 2 rings (SSSR count). The number of carbonyl (C=O) groups is 2. The molecule has 0 saturated carbocycles. The fourth-order valence-corrected chi connectivity index (χ4v) is 3.00. The van der Waals surface area contributed by atoms with Crippen molar-refractivity contribution < 1.29 is 9.59 Å². The number of thioether (sulfide) groups is 1. The van der Waals surface area contributed by atoms with E-state index in [-0.39, 0.29) is 11.7 Å². The van der Waals surface area contributed by atoms with Crippen molar-refractivity contribution in [3.8, 4) is 0 Å². The molecule has 120 valence electrons. The monoisotopic (exact) mass is 369 g/mol. The molecule has 3 amide bonds. The Hall–Kier alpha value is -1.89. The minimum Gasteiger partial charge on any atom is -0.351 e. The van der Waals surface area contributed by atoms with Gasteiger partial charge in [0, 0.05) is 21.3 Å². The van der Waals surface area contributed by atoms with Gasteiger partial charge in [-0.25, -0.2) is 4.79 Å². The first-order valence-electron chi connectivity index (χ1n) is 6.48. The fraction of sp³-hybridized carbons (Fsp3) is 0.0667. The molecular weight excluding hydrogens is 357 g/mol. The molecule has 0 bridgehead atoms. The van der Waals surface area contributed by atoms with Crippen LogP contribution in [0.15, 0.2) is 47.4 Å². The van der Waals surface area contributed by atoms with Gasteiger partial charge in [0.1, 0.15) is 0 Å². The predicted octanol–water partition coefficient (Wildman–Crippen LogP) is 4.21. The summed E-state index contributed by atoms with van der Waals surface area (Å²) in [5.41, 5.74) is 6.18. The van der Waals surface area contributed by atoms with Crippen molar-refractivity contribution in [1.82, 2.24) is 0 Å². The lowest BCUT2D eigenvalue weighted by Gasteiger charge is -2.08. The zero-order valence-corrected chi connectivity index (χ0v) is 14.1. The fourth-order valence-electron chi connectivity index (χ4n) is 1.71. The number of nitrogens with two attached hydrogens (primary N) is 1. The van der Waals surface area contributed by atoms with E-state index in [2.05, 4.69) is 10.6 Å². The van der Waals surface area contributed by atoms with Crippen LogP contribution in [-0.4, -0.2) is 17.7 Å². The number of carbonyl (C=O) groups excluding carboxylic acids is 2. The number of hydrogen-bond acceptors (Lipinski definition) is 3. The molecule has 5 nitrogen and oxygen atoms in total. The van der Waals surface area contributed by atoms with Gasteiger partial charge in [-0.05, 0) is 42.5 Å². The summed E-state index contributed by atoms with van der Waals surface area (Å²) in [7, 11) is 0. The standard InChI is InChI=1S/C15H13Cl2N3O2S/c16-9-1-6-12(17)13(7-9)23-8-14(21)19-10-2-4-11(5-3-10)20-15(18)22/h1-7H,8H2,(H,19,21)(H3,18,20,22). The van der Waals surface area contributed by atoms with Crippen LogP contribution in [0, 0.1) is 0 Å². The zero-order chi connectivity index (χ0) is 16.8.